The monoisotopic (exact) mass is 485 g/mol. The number of nitrogens with zero attached hydrogens (tertiary/aromatic N) is 2. The third-order valence-corrected chi connectivity index (χ3v) is 6.41. The first-order valence-corrected chi connectivity index (χ1v) is 12.4. The molecule has 0 radical (unpaired) electrons. The zero-order chi connectivity index (χ0) is 24.9. The smallest absolute Gasteiger partial charge is 0.418 e. The lowest BCUT2D eigenvalue weighted by Crippen LogP contribution is -2.49. The summed E-state index contributed by atoms with van der Waals surface area (Å²) in [7, 11) is 0. The van der Waals surface area contributed by atoms with Crippen LogP contribution >= 0.6 is 11.6 Å². The van der Waals surface area contributed by atoms with Crippen LogP contribution in [0.3, 0.4) is 0 Å². The lowest BCUT2D eigenvalue weighted by molar-refractivity contribution is 0.0703. The van der Waals surface area contributed by atoms with Gasteiger partial charge in [-0.2, -0.15) is 0 Å². The molecule has 2 aromatic rings. The van der Waals surface area contributed by atoms with E-state index in [2.05, 4.69) is 30.1 Å². The minimum absolute atomic E-state index is 0.208. The van der Waals surface area contributed by atoms with Crippen LogP contribution in [0.4, 0.5) is 21.0 Å². The topological polar surface area (TPSA) is 61.9 Å². The number of carbonyl (C=O) groups is 2. The van der Waals surface area contributed by atoms with E-state index in [9.17, 15) is 9.59 Å². The van der Waals surface area contributed by atoms with E-state index in [1.54, 1.807) is 0 Å². The van der Waals surface area contributed by atoms with Crippen molar-refractivity contribution < 1.29 is 14.3 Å². The van der Waals surface area contributed by atoms with Crippen molar-refractivity contribution in [1.82, 2.24) is 4.90 Å². The van der Waals surface area contributed by atoms with Crippen LogP contribution < -0.4 is 10.2 Å². The van der Waals surface area contributed by atoms with Crippen LogP contribution in [-0.2, 0) is 17.6 Å². The van der Waals surface area contributed by atoms with Crippen molar-refractivity contribution in [2.45, 2.75) is 59.9 Å². The van der Waals surface area contributed by atoms with E-state index >= 15 is 0 Å². The highest BCUT2D eigenvalue weighted by Crippen LogP contribution is 2.31. The maximum absolute atomic E-state index is 13.4. The summed E-state index contributed by atoms with van der Waals surface area (Å²) in [5.41, 5.74) is 3.66. The van der Waals surface area contributed by atoms with Gasteiger partial charge in [-0.05, 0) is 80.0 Å². The molecule has 3 rings (SSSR count). The number of amides is 3. The number of anilines is 2. The third kappa shape index (κ3) is 6.44. The van der Waals surface area contributed by atoms with Crippen molar-refractivity contribution in [3.8, 4) is 0 Å². The summed E-state index contributed by atoms with van der Waals surface area (Å²) in [6.45, 7) is 12.2. The molecule has 0 bridgehead atoms. The zero-order valence-corrected chi connectivity index (χ0v) is 21.6. The Labute approximate surface area is 208 Å². The van der Waals surface area contributed by atoms with Gasteiger partial charge < -0.3 is 15.0 Å². The fraction of sp³-hybridized carbons (Fsp3) is 0.481. The maximum atomic E-state index is 13.4. The summed E-state index contributed by atoms with van der Waals surface area (Å²) >= 11 is 6.45. The molecule has 2 aromatic carbocycles. The first-order valence-electron chi connectivity index (χ1n) is 12.0. The number of rotatable bonds is 6. The molecule has 0 spiro atoms. The third-order valence-electron chi connectivity index (χ3n) is 6.06. The second-order valence-corrected chi connectivity index (χ2v) is 10.3. The molecular weight excluding hydrogens is 450 g/mol. The van der Waals surface area contributed by atoms with E-state index < -0.39 is 12.1 Å². The lowest BCUT2D eigenvalue weighted by atomic mass is 9.87. The zero-order valence-electron chi connectivity index (χ0n) is 20.9. The summed E-state index contributed by atoms with van der Waals surface area (Å²) in [4.78, 5) is 30.0. The first kappa shape index (κ1) is 25.9. The highest BCUT2D eigenvalue weighted by atomic mass is 35.5. The standard InChI is InChI=1S/C27H36ClN3O3/c1-6-30(7-2)21-15-12-20(13-16-21)29-25(32)31(26(33)34-18-27(3,4)5)22-14-11-19-9-8-10-24(28)23(19)17-22/h8-10,12-13,15-16,22H,6-7,11,14,17-18H2,1-5H3,(H,29,32). The van der Waals surface area contributed by atoms with E-state index in [4.69, 9.17) is 16.3 Å². The Balaban J connectivity index is 1.81. The van der Waals surface area contributed by atoms with Gasteiger partial charge in [-0.1, -0.05) is 44.5 Å². The number of fused-ring (bicyclic) bond motifs is 1. The van der Waals surface area contributed by atoms with Gasteiger partial charge in [0, 0.05) is 35.5 Å². The molecule has 1 N–H and O–H groups in total. The van der Waals surface area contributed by atoms with Crippen LogP contribution in [0.25, 0.3) is 0 Å². The molecule has 7 heteroatoms. The van der Waals surface area contributed by atoms with E-state index in [0.717, 1.165) is 30.8 Å². The number of aryl methyl sites for hydroxylation is 1. The Bertz CT molecular complexity index is 997. The summed E-state index contributed by atoms with van der Waals surface area (Å²) in [5, 5.41) is 3.56. The normalized spacial score (nSPS) is 15.3. The summed E-state index contributed by atoms with van der Waals surface area (Å²) in [5.74, 6) is 0. The van der Waals surface area contributed by atoms with E-state index in [0.29, 0.717) is 23.6 Å². The van der Waals surface area contributed by atoms with Gasteiger partial charge in [-0.25, -0.2) is 14.5 Å². The van der Waals surface area contributed by atoms with Gasteiger partial charge in [0.05, 0.1) is 6.61 Å². The van der Waals surface area contributed by atoms with Crippen molar-refractivity contribution in [3.63, 3.8) is 0 Å². The van der Waals surface area contributed by atoms with Crippen molar-refractivity contribution in [1.29, 1.82) is 0 Å². The second kappa shape index (κ2) is 11.1. The predicted molar refractivity (Wildman–Crippen MR) is 139 cm³/mol. The number of ether oxygens (including phenoxy) is 1. The number of hydrogen-bond donors (Lipinski definition) is 1. The molecule has 3 amide bonds. The molecular formula is C27H36ClN3O3. The summed E-state index contributed by atoms with van der Waals surface area (Å²) < 4.78 is 5.57. The van der Waals surface area contributed by atoms with Gasteiger partial charge in [0.2, 0.25) is 0 Å². The summed E-state index contributed by atoms with van der Waals surface area (Å²) in [6.07, 6.45) is 1.28. The van der Waals surface area contributed by atoms with Crippen LogP contribution in [-0.4, -0.2) is 42.8 Å². The van der Waals surface area contributed by atoms with Gasteiger partial charge in [-0.3, -0.25) is 0 Å². The number of benzene rings is 2. The fourth-order valence-corrected chi connectivity index (χ4v) is 4.49. The van der Waals surface area contributed by atoms with Crippen molar-refractivity contribution in [3.05, 3.63) is 58.6 Å². The van der Waals surface area contributed by atoms with Gasteiger partial charge in [0.15, 0.2) is 0 Å². The number of urea groups is 1. The quantitative estimate of drug-likeness (QED) is 0.491. The van der Waals surface area contributed by atoms with Crippen LogP contribution in [0.1, 0.15) is 52.2 Å². The molecule has 0 saturated heterocycles. The largest absolute Gasteiger partial charge is 0.449 e. The minimum Gasteiger partial charge on any atom is -0.449 e. The van der Waals surface area contributed by atoms with Crippen molar-refractivity contribution >= 4 is 35.1 Å². The second-order valence-electron chi connectivity index (χ2n) is 9.91. The van der Waals surface area contributed by atoms with Crippen LogP contribution in [0.2, 0.25) is 5.02 Å². The highest BCUT2D eigenvalue weighted by Gasteiger charge is 2.35. The highest BCUT2D eigenvalue weighted by molar-refractivity contribution is 6.31. The lowest BCUT2D eigenvalue weighted by Gasteiger charge is -2.34. The molecule has 1 unspecified atom stereocenters. The molecule has 0 heterocycles. The Kier molecular flexibility index (Phi) is 8.47. The average Bonchev–Trinajstić information content (AvgIpc) is 2.80. The maximum Gasteiger partial charge on any atom is 0.418 e. The average molecular weight is 486 g/mol. The number of hydrogen-bond acceptors (Lipinski definition) is 4. The molecule has 34 heavy (non-hydrogen) atoms. The minimum atomic E-state index is -0.632. The van der Waals surface area contributed by atoms with Crippen LogP contribution in [0, 0.1) is 5.41 Å². The molecule has 184 valence electrons. The molecule has 0 fully saturated rings. The molecule has 6 nitrogen and oxygen atoms in total. The molecule has 0 aromatic heterocycles. The van der Waals surface area contributed by atoms with Crippen LogP contribution in [0.5, 0.6) is 0 Å². The van der Waals surface area contributed by atoms with Gasteiger partial charge in [0.25, 0.3) is 0 Å². The first-order chi connectivity index (χ1) is 16.1. The van der Waals surface area contributed by atoms with Crippen molar-refractivity contribution in [2.24, 2.45) is 5.41 Å². The fourth-order valence-electron chi connectivity index (χ4n) is 4.22. The molecule has 0 saturated carbocycles. The molecule has 0 aliphatic heterocycles. The van der Waals surface area contributed by atoms with Gasteiger partial charge >= 0.3 is 12.1 Å². The Hall–Kier alpha value is -2.73. The van der Waals surface area contributed by atoms with Gasteiger partial charge in [0.1, 0.15) is 0 Å². The van der Waals surface area contributed by atoms with E-state index in [-0.39, 0.29) is 18.1 Å². The van der Waals surface area contributed by atoms with E-state index in [1.807, 2.05) is 57.2 Å². The van der Waals surface area contributed by atoms with Crippen molar-refractivity contribution in [2.75, 3.05) is 29.9 Å². The number of halogens is 1. The summed E-state index contributed by atoms with van der Waals surface area (Å²) in [6, 6.07) is 12.7. The Morgan fingerprint density at radius 1 is 1.09 bits per heavy atom. The number of nitrogens with one attached hydrogen (secondary N) is 1. The molecule has 1 atom stereocenters. The number of carbonyl (C=O) groups excluding carboxylic acids is 2. The Morgan fingerprint density at radius 3 is 2.38 bits per heavy atom. The molecule has 1 aliphatic carbocycles. The Morgan fingerprint density at radius 2 is 1.76 bits per heavy atom. The van der Waals surface area contributed by atoms with Gasteiger partial charge in [-0.15, -0.1) is 0 Å². The predicted octanol–water partition coefficient (Wildman–Crippen LogP) is 6.76. The molecule has 1 aliphatic rings. The van der Waals surface area contributed by atoms with E-state index in [1.165, 1.54) is 10.5 Å². The SMILES string of the molecule is CCN(CC)c1ccc(NC(=O)N(C(=O)OCC(C)(C)C)C2CCc3cccc(Cl)c3C2)cc1. The van der Waals surface area contributed by atoms with Crippen LogP contribution in [0.15, 0.2) is 42.5 Å². The number of imide groups is 1.